The minimum atomic E-state index is -0.637. The lowest BCUT2D eigenvalue weighted by Gasteiger charge is -2.14. The molecule has 1 aromatic heterocycles. The topological polar surface area (TPSA) is 165 Å². The summed E-state index contributed by atoms with van der Waals surface area (Å²) in [4.78, 5) is 41.1. The standard InChI is InChI=1S/C19H21N7O5/c27-19(14-6-8-15(9-7-14)25(28)29)24-23-18-16(26(30)31)17(21-12-22-18)20-11-10-13-4-2-1-3-5-13/h4,6-9,12H,1-3,5,10-11H2,(H,24,27)(H2,20,21,22,23). The Morgan fingerprint density at radius 2 is 1.77 bits per heavy atom. The Labute approximate surface area is 177 Å². The van der Waals surface area contributed by atoms with Gasteiger partial charge in [-0.3, -0.25) is 35.9 Å². The van der Waals surface area contributed by atoms with Crippen LogP contribution in [0.1, 0.15) is 42.5 Å². The number of hydrogen-bond donors (Lipinski definition) is 3. The zero-order valence-electron chi connectivity index (χ0n) is 16.5. The van der Waals surface area contributed by atoms with Crippen LogP contribution in [-0.2, 0) is 0 Å². The molecule has 1 aromatic carbocycles. The summed E-state index contributed by atoms with van der Waals surface area (Å²) in [5.74, 6) is -0.778. The lowest BCUT2D eigenvalue weighted by atomic mass is 9.97. The number of benzene rings is 1. The number of carbonyl (C=O) groups is 1. The van der Waals surface area contributed by atoms with Crippen LogP contribution in [-0.4, -0.2) is 32.3 Å². The summed E-state index contributed by atoms with van der Waals surface area (Å²) in [5.41, 5.74) is 5.64. The smallest absolute Gasteiger partial charge is 0.354 e. The Morgan fingerprint density at radius 3 is 2.42 bits per heavy atom. The predicted molar refractivity (Wildman–Crippen MR) is 113 cm³/mol. The van der Waals surface area contributed by atoms with Gasteiger partial charge in [0, 0.05) is 24.2 Å². The Kier molecular flexibility index (Phi) is 7.04. The molecule has 12 nitrogen and oxygen atoms in total. The molecule has 162 valence electrons. The summed E-state index contributed by atoms with van der Waals surface area (Å²) >= 11 is 0. The van der Waals surface area contributed by atoms with Crippen LogP contribution in [0.2, 0.25) is 0 Å². The first-order valence-corrected chi connectivity index (χ1v) is 9.67. The van der Waals surface area contributed by atoms with Crippen molar-refractivity contribution >= 4 is 28.9 Å². The van der Waals surface area contributed by atoms with Gasteiger partial charge in [-0.25, -0.2) is 9.97 Å². The Hall–Kier alpha value is -4.09. The second-order valence-electron chi connectivity index (χ2n) is 6.84. The van der Waals surface area contributed by atoms with Gasteiger partial charge in [0.2, 0.25) is 11.6 Å². The van der Waals surface area contributed by atoms with E-state index in [1.54, 1.807) is 0 Å². The molecule has 1 aliphatic carbocycles. The van der Waals surface area contributed by atoms with E-state index < -0.39 is 21.4 Å². The van der Waals surface area contributed by atoms with Crippen LogP contribution in [0.4, 0.5) is 23.0 Å². The molecule has 0 aliphatic heterocycles. The van der Waals surface area contributed by atoms with Crippen LogP contribution in [0, 0.1) is 20.2 Å². The number of nitrogens with one attached hydrogen (secondary N) is 3. The molecule has 12 heteroatoms. The van der Waals surface area contributed by atoms with Gasteiger partial charge in [0.25, 0.3) is 11.6 Å². The normalized spacial score (nSPS) is 13.1. The van der Waals surface area contributed by atoms with Crippen LogP contribution in [0.15, 0.2) is 42.2 Å². The molecule has 2 aromatic rings. The maximum Gasteiger partial charge on any atom is 0.354 e. The maximum atomic E-state index is 12.2. The Balaban J connectivity index is 1.65. The molecule has 0 unspecified atom stereocenters. The zero-order valence-corrected chi connectivity index (χ0v) is 16.5. The van der Waals surface area contributed by atoms with E-state index in [9.17, 15) is 25.0 Å². The fraction of sp³-hybridized carbons (Fsp3) is 0.316. The highest BCUT2D eigenvalue weighted by atomic mass is 16.6. The third-order valence-corrected chi connectivity index (χ3v) is 4.76. The first-order valence-electron chi connectivity index (χ1n) is 9.67. The van der Waals surface area contributed by atoms with Crippen molar-refractivity contribution in [1.82, 2.24) is 15.4 Å². The average molecular weight is 427 g/mol. The van der Waals surface area contributed by atoms with Gasteiger partial charge >= 0.3 is 5.69 Å². The molecule has 0 spiro atoms. The summed E-state index contributed by atoms with van der Waals surface area (Å²) in [5, 5.41) is 25.2. The van der Waals surface area contributed by atoms with Crippen molar-refractivity contribution in [3.63, 3.8) is 0 Å². The van der Waals surface area contributed by atoms with Crippen LogP contribution in [0.5, 0.6) is 0 Å². The third-order valence-electron chi connectivity index (χ3n) is 4.76. The number of amides is 1. The number of aromatic nitrogens is 2. The van der Waals surface area contributed by atoms with Crippen molar-refractivity contribution in [2.75, 3.05) is 17.3 Å². The summed E-state index contributed by atoms with van der Waals surface area (Å²) in [7, 11) is 0. The van der Waals surface area contributed by atoms with Gasteiger partial charge in [-0.2, -0.15) is 0 Å². The van der Waals surface area contributed by atoms with E-state index in [0.29, 0.717) is 6.54 Å². The number of nitro benzene ring substituents is 1. The first-order chi connectivity index (χ1) is 15.0. The number of allylic oxidation sites excluding steroid dienone is 1. The molecule has 3 N–H and O–H groups in total. The number of non-ortho nitro benzene ring substituents is 1. The molecule has 0 atom stereocenters. The van der Waals surface area contributed by atoms with Crippen molar-refractivity contribution in [2.24, 2.45) is 0 Å². The van der Waals surface area contributed by atoms with E-state index in [2.05, 4.69) is 32.2 Å². The van der Waals surface area contributed by atoms with Gasteiger partial charge in [-0.1, -0.05) is 11.6 Å². The van der Waals surface area contributed by atoms with Crippen molar-refractivity contribution in [2.45, 2.75) is 32.1 Å². The van der Waals surface area contributed by atoms with Gasteiger partial charge < -0.3 is 5.32 Å². The number of hydrogen-bond acceptors (Lipinski definition) is 9. The number of anilines is 2. The summed E-state index contributed by atoms with van der Waals surface area (Å²) in [6.07, 6.45) is 8.56. The molecular formula is C19H21N7O5. The zero-order chi connectivity index (χ0) is 22.2. The third kappa shape index (κ3) is 5.72. The number of hydrazine groups is 1. The fourth-order valence-corrected chi connectivity index (χ4v) is 3.17. The number of nitro groups is 2. The van der Waals surface area contributed by atoms with E-state index in [1.165, 1.54) is 36.3 Å². The molecular weight excluding hydrogens is 406 g/mol. The molecule has 31 heavy (non-hydrogen) atoms. The van der Waals surface area contributed by atoms with Crippen LogP contribution >= 0.6 is 0 Å². The molecule has 0 fully saturated rings. The number of nitrogens with zero attached hydrogens (tertiary/aromatic N) is 4. The highest BCUT2D eigenvalue weighted by Gasteiger charge is 2.23. The second-order valence-corrected chi connectivity index (χ2v) is 6.84. The molecule has 0 radical (unpaired) electrons. The number of carbonyl (C=O) groups excluding carboxylic acids is 1. The molecule has 3 rings (SSSR count). The maximum absolute atomic E-state index is 12.2. The first kappa shape index (κ1) is 21.6. The number of rotatable bonds is 9. The average Bonchev–Trinajstić information content (AvgIpc) is 2.78. The van der Waals surface area contributed by atoms with Crippen LogP contribution in [0.3, 0.4) is 0 Å². The van der Waals surface area contributed by atoms with E-state index in [4.69, 9.17) is 0 Å². The van der Waals surface area contributed by atoms with Crippen LogP contribution in [0.25, 0.3) is 0 Å². The summed E-state index contributed by atoms with van der Waals surface area (Å²) in [6.45, 7) is 0.484. The molecule has 1 heterocycles. The van der Waals surface area contributed by atoms with Crippen molar-refractivity contribution in [1.29, 1.82) is 0 Å². The minimum Gasteiger partial charge on any atom is -0.364 e. The van der Waals surface area contributed by atoms with E-state index in [-0.39, 0.29) is 22.9 Å². The Morgan fingerprint density at radius 1 is 1.03 bits per heavy atom. The minimum absolute atomic E-state index is 0.0449. The van der Waals surface area contributed by atoms with E-state index in [1.807, 2.05) is 0 Å². The van der Waals surface area contributed by atoms with E-state index >= 15 is 0 Å². The summed E-state index contributed by atoms with van der Waals surface area (Å²) in [6, 6.07) is 4.92. The van der Waals surface area contributed by atoms with Crippen molar-refractivity contribution < 1.29 is 14.6 Å². The van der Waals surface area contributed by atoms with Gasteiger partial charge in [0.1, 0.15) is 6.33 Å². The van der Waals surface area contributed by atoms with Gasteiger partial charge in [-0.15, -0.1) is 0 Å². The van der Waals surface area contributed by atoms with Crippen molar-refractivity contribution in [3.05, 3.63) is 68.0 Å². The quantitative estimate of drug-likeness (QED) is 0.309. The SMILES string of the molecule is O=C(NNc1ncnc(NCCC2=CCCCC2)c1[N+](=O)[O-])c1ccc([N+](=O)[O-])cc1. The molecule has 0 saturated heterocycles. The van der Waals surface area contributed by atoms with Gasteiger partial charge in [0.05, 0.1) is 9.85 Å². The predicted octanol–water partition coefficient (Wildman–Crippen LogP) is 3.35. The second kappa shape index (κ2) is 10.1. The highest BCUT2D eigenvalue weighted by molar-refractivity contribution is 5.95. The highest BCUT2D eigenvalue weighted by Crippen LogP contribution is 2.29. The lowest BCUT2D eigenvalue weighted by molar-refractivity contribution is -0.384. The largest absolute Gasteiger partial charge is 0.364 e. The van der Waals surface area contributed by atoms with Gasteiger partial charge in [-0.05, 0) is 44.2 Å². The molecule has 1 aliphatic rings. The van der Waals surface area contributed by atoms with Crippen LogP contribution < -0.4 is 16.2 Å². The fourth-order valence-electron chi connectivity index (χ4n) is 3.17. The monoisotopic (exact) mass is 427 g/mol. The van der Waals surface area contributed by atoms with Crippen molar-refractivity contribution in [3.8, 4) is 0 Å². The van der Waals surface area contributed by atoms with Gasteiger partial charge in [0.15, 0.2) is 0 Å². The lowest BCUT2D eigenvalue weighted by Crippen LogP contribution is -2.30. The molecule has 1 amide bonds. The van der Waals surface area contributed by atoms with E-state index in [0.717, 1.165) is 32.0 Å². The Bertz CT molecular complexity index is 1010. The molecule has 0 saturated carbocycles. The molecule has 0 bridgehead atoms. The summed E-state index contributed by atoms with van der Waals surface area (Å²) < 4.78 is 0.